The summed E-state index contributed by atoms with van der Waals surface area (Å²) in [5.74, 6) is 8.13. The van der Waals surface area contributed by atoms with Crippen LogP contribution in [0.15, 0.2) is 11.0 Å². The Balaban J connectivity index is 1.99. The van der Waals surface area contributed by atoms with Gasteiger partial charge in [-0.2, -0.15) is 4.98 Å². The van der Waals surface area contributed by atoms with E-state index in [-0.39, 0.29) is 19.0 Å². The van der Waals surface area contributed by atoms with Crippen LogP contribution in [0.25, 0.3) is 11.0 Å². The zero-order valence-corrected chi connectivity index (χ0v) is 17.5. The summed E-state index contributed by atoms with van der Waals surface area (Å²) < 4.78 is 13.2. The topological polar surface area (TPSA) is 115 Å². The van der Waals surface area contributed by atoms with Gasteiger partial charge in [-0.1, -0.05) is 35.6 Å². The number of nitrogens with two attached hydrogens (primary N) is 1. The number of rotatable bonds is 4. The first-order valence-corrected chi connectivity index (χ1v) is 12.5. The summed E-state index contributed by atoms with van der Waals surface area (Å²) in [6, 6.07) is 0. The van der Waals surface area contributed by atoms with Crippen LogP contribution in [0, 0.1) is 24.2 Å². The predicted octanol–water partition coefficient (Wildman–Crippen LogP) is 1.32. The lowest BCUT2D eigenvalue weighted by Crippen LogP contribution is -2.25. The zero-order valence-electron chi connectivity index (χ0n) is 14.3. The molecule has 0 spiro atoms. The molecule has 5 atom stereocenters. The Hall–Kier alpha value is -1.49. The molecule has 2 aromatic rings. The molecule has 8 nitrogen and oxygen atoms in total. The largest absolute Gasteiger partial charge is 0.390 e. The number of nitrogens with one attached hydrogen (secondary N) is 1. The molecule has 142 valence electrons. The maximum Gasteiger partial charge on any atom is 0.263 e. The number of aromatic amines is 1. The van der Waals surface area contributed by atoms with Crippen molar-refractivity contribution in [3.05, 3.63) is 22.1 Å². The molecule has 3 heterocycles. The fourth-order valence-electron chi connectivity index (χ4n) is 2.87. The van der Waals surface area contributed by atoms with Crippen LogP contribution in [-0.2, 0) is 9.26 Å². The van der Waals surface area contributed by atoms with Gasteiger partial charge in [0.2, 0.25) is 5.95 Å². The van der Waals surface area contributed by atoms with Gasteiger partial charge in [0.05, 0.1) is 37.6 Å². The fourth-order valence-corrected chi connectivity index (χ4v) is 3.71. The number of aliphatic hydroxyl groups excluding tert-OH is 1. The van der Waals surface area contributed by atoms with E-state index in [1.165, 1.54) is 0 Å². The molecule has 0 aromatic carbocycles. The van der Waals surface area contributed by atoms with Crippen LogP contribution in [0.2, 0.25) is 0 Å². The number of aliphatic hydroxyl groups is 1. The quantitative estimate of drug-likeness (QED) is 0.504. The van der Waals surface area contributed by atoms with Crippen molar-refractivity contribution in [2.24, 2.45) is 0 Å². The van der Waals surface area contributed by atoms with Crippen molar-refractivity contribution in [2.45, 2.75) is 31.3 Å². The van der Waals surface area contributed by atoms with E-state index in [1.807, 2.05) is 0 Å². The molecule has 11 heteroatoms. The van der Waals surface area contributed by atoms with Gasteiger partial charge in [0.15, 0.2) is 5.65 Å². The first-order valence-electron chi connectivity index (χ1n) is 7.99. The smallest absolute Gasteiger partial charge is 0.263 e. The van der Waals surface area contributed by atoms with Gasteiger partial charge in [0.25, 0.3) is 5.56 Å². The molecule has 0 radical (unpaired) electrons. The summed E-state index contributed by atoms with van der Waals surface area (Å²) in [4.78, 5) is 19.1. The molecule has 1 aliphatic heterocycles. The van der Waals surface area contributed by atoms with Gasteiger partial charge in [-0.15, -0.1) is 6.42 Å². The van der Waals surface area contributed by atoms with Crippen molar-refractivity contribution in [3.63, 3.8) is 0 Å². The number of hydrogen-bond donors (Lipinski definition) is 3. The standard InChI is InChI=1S/C16H19N4O4P3/c1-2-3-4-5-9-7-20(14-13(9)15(22)19-16(17)18-14)12-6-10(21)11(24-12)8-23-27(25)26/h1,7,10-12,21H,3,6,8,25-26H2,(H3,17,18,19,22)/t10-,11-,12-/m1/s1. The summed E-state index contributed by atoms with van der Waals surface area (Å²) in [5.41, 5.74) is 6.13. The average Bonchev–Trinajstić information content (AvgIpc) is 3.14. The minimum absolute atomic E-state index is 0.00919. The second kappa shape index (κ2) is 8.68. The number of terminal acetylenes is 1. The molecule has 0 amide bonds. The zero-order chi connectivity index (χ0) is 19.6. The highest BCUT2D eigenvalue weighted by molar-refractivity contribution is 8.41. The normalized spacial score (nSPS) is 22.0. The number of anilines is 1. The molecular formula is C16H19N4O4P3. The van der Waals surface area contributed by atoms with E-state index in [9.17, 15) is 9.90 Å². The molecule has 2 unspecified atom stereocenters. The minimum Gasteiger partial charge on any atom is -0.390 e. The second-order valence-electron chi connectivity index (χ2n) is 5.87. The molecule has 0 saturated carbocycles. The maximum atomic E-state index is 12.4. The van der Waals surface area contributed by atoms with Crippen LogP contribution in [-0.4, -0.2) is 38.5 Å². The number of ether oxygens (including phenoxy) is 1. The lowest BCUT2D eigenvalue weighted by atomic mass is 10.2. The summed E-state index contributed by atoms with van der Waals surface area (Å²) in [7, 11) is 4.39. The summed E-state index contributed by atoms with van der Waals surface area (Å²) in [6.07, 6.45) is 5.79. The fraction of sp³-hybridized carbons (Fsp3) is 0.375. The Morgan fingerprint density at radius 1 is 1.59 bits per heavy atom. The van der Waals surface area contributed by atoms with E-state index >= 15 is 0 Å². The Morgan fingerprint density at radius 3 is 3.07 bits per heavy atom. The molecule has 0 bridgehead atoms. The van der Waals surface area contributed by atoms with Crippen LogP contribution >= 0.6 is 25.4 Å². The number of H-pyrrole nitrogens is 1. The number of nitrogens with zero attached hydrogens (tertiary/aromatic N) is 2. The molecule has 0 aliphatic carbocycles. The Bertz CT molecular complexity index is 1000. The molecular weight excluding hydrogens is 405 g/mol. The maximum absolute atomic E-state index is 12.4. The van der Waals surface area contributed by atoms with Crippen molar-refractivity contribution in [1.82, 2.24) is 14.5 Å². The molecule has 1 fully saturated rings. The Labute approximate surface area is 161 Å². The van der Waals surface area contributed by atoms with Crippen LogP contribution in [0.3, 0.4) is 0 Å². The monoisotopic (exact) mass is 424 g/mol. The Kier molecular flexibility index (Phi) is 6.51. The molecule has 27 heavy (non-hydrogen) atoms. The minimum atomic E-state index is -0.719. The third kappa shape index (κ3) is 4.50. The van der Waals surface area contributed by atoms with Crippen molar-refractivity contribution in [2.75, 3.05) is 12.3 Å². The lowest BCUT2D eigenvalue weighted by molar-refractivity contribution is -0.0355. The molecule has 1 aliphatic rings. The van der Waals surface area contributed by atoms with E-state index in [0.29, 0.717) is 23.0 Å². The number of hydrogen-bond acceptors (Lipinski definition) is 6. The molecule has 1 saturated heterocycles. The first kappa shape index (κ1) is 20.2. The van der Waals surface area contributed by atoms with Gasteiger partial charge in [-0.05, 0) is 0 Å². The Morgan fingerprint density at radius 2 is 2.37 bits per heavy atom. The molecule has 3 rings (SSSR count). The van der Waals surface area contributed by atoms with Crippen LogP contribution in [0.1, 0.15) is 24.6 Å². The second-order valence-corrected chi connectivity index (χ2v) is 11.7. The highest BCUT2D eigenvalue weighted by Crippen LogP contribution is 2.54. The lowest BCUT2D eigenvalue weighted by Gasteiger charge is -2.17. The van der Waals surface area contributed by atoms with E-state index < -0.39 is 31.5 Å². The molecule has 2 aromatic heterocycles. The number of aromatic nitrogens is 3. The third-order valence-corrected chi connectivity index (χ3v) is 5.36. The van der Waals surface area contributed by atoms with Gasteiger partial charge in [-0.3, -0.25) is 9.78 Å². The number of fused-ring (bicyclic) bond motifs is 1. The van der Waals surface area contributed by atoms with E-state index in [0.717, 1.165) is 0 Å². The van der Waals surface area contributed by atoms with E-state index in [1.54, 1.807) is 10.8 Å². The van der Waals surface area contributed by atoms with Crippen molar-refractivity contribution < 1.29 is 14.4 Å². The predicted molar refractivity (Wildman–Crippen MR) is 112 cm³/mol. The summed E-state index contributed by atoms with van der Waals surface area (Å²) in [6.45, 7) is 0.264. The van der Waals surface area contributed by atoms with Crippen LogP contribution in [0.5, 0.6) is 0 Å². The van der Waals surface area contributed by atoms with Crippen LogP contribution in [0.4, 0.5) is 5.95 Å². The number of nitrogen functional groups attached to an aromatic ring is 1. The van der Waals surface area contributed by atoms with Gasteiger partial charge in [-0.25, -0.2) is 0 Å². The third-order valence-electron chi connectivity index (χ3n) is 4.02. The highest BCUT2D eigenvalue weighted by Gasteiger charge is 2.36. The summed E-state index contributed by atoms with van der Waals surface area (Å²) >= 11 is 0. The average molecular weight is 424 g/mol. The van der Waals surface area contributed by atoms with Gasteiger partial charge >= 0.3 is 0 Å². The van der Waals surface area contributed by atoms with Gasteiger partial charge in [0, 0.05) is 12.6 Å². The first-order chi connectivity index (χ1) is 12.9. The summed E-state index contributed by atoms with van der Waals surface area (Å²) in [5, 5.41) is 10.6. The van der Waals surface area contributed by atoms with Gasteiger partial charge < -0.3 is 24.7 Å². The van der Waals surface area contributed by atoms with Gasteiger partial charge in [0.1, 0.15) is 12.3 Å². The van der Waals surface area contributed by atoms with Crippen molar-refractivity contribution >= 4 is 42.4 Å². The van der Waals surface area contributed by atoms with E-state index in [4.69, 9.17) is 21.4 Å². The van der Waals surface area contributed by atoms with Crippen molar-refractivity contribution in [1.29, 1.82) is 0 Å². The SMILES string of the molecule is C#CCC#Cc1cn([C@H]2C[C@@H](O)[C@@H](COP(P)P)O2)c2nc(N)[nH]c(=O)c12. The molecule has 4 N–H and O–H groups in total. The van der Waals surface area contributed by atoms with Crippen molar-refractivity contribution in [3.8, 4) is 24.2 Å². The van der Waals surface area contributed by atoms with Crippen LogP contribution < -0.4 is 11.3 Å². The highest BCUT2D eigenvalue weighted by atomic mass is 32.4. The van der Waals surface area contributed by atoms with E-state index in [2.05, 4.69) is 45.6 Å².